The molecule has 88 valence electrons. The van der Waals surface area contributed by atoms with E-state index < -0.39 is 17.4 Å². The lowest BCUT2D eigenvalue weighted by Crippen LogP contribution is -2.24. The highest BCUT2D eigenvalue weighted by Gasteiger charge is 2.22. The number of nitrogen functional groups attached to an aromatic ring is 1. The molecule has 1 aromatic carbocycles. The van der Waals surface area contributed by atoms with Gasteiger partial charge < -0.3 is 10.5 Å². The van der Waals surface area contributed by atoms with Crippen molar-refractivity contribution < 1.29 is 13.9 Å². The summed E-state index contributed by atoms with van der Waals surface area (Å²) in [5.74, 6) is -1.59. The van der Waals surface area contributed by atoms with Crippen LogP contribution in [0.2, 0.25) is 5.02 Å². The Balaban J connectivity index is 3.09. The smallest absolute Gasteiger partial charge is 0.341 e. The van der Waals surface area contributed by atoms with E-state index in [1.54, 1.807) is 20.8 Å². The second kappa shape index (κ2) is 4.29. The van der Waals surface area contributed by atoms with Crippen LogP contribution in [0.1, 0.15) is 31.1 Å². The number of benzene rings is 1. The SMILES string of the molecule is CC(C)(C)OC(=O)c1cc(Cl)cc(N)c1F. The van der Waals surface area contributed by atoms with E-state index in [1.165, 1.54) is 12.1 Å². The Labute approximate surface area is 98.3 Å². The molecule has 0 heterocycles. The average Bonchev–Trinajstić information content (AvgIpc) is 2.08. The number of carbonyl (C=O) groups is 1. The Kier molecular flexibility index (Phi) is 3.43. The minimum absolute atomic E-state index is 0.173. The molecule has 0 amide bonds. The fourth-order valence-electron chi connectivity index (χ4n) is 1.09. The van der Waals surface area contributed by atoms with Crippen molar-refractivity contribution in [1.82, 2.24) is 0 Å². The Morgan fingerprint density at radius 3 is 2.50 bits per heavy atom. The van der Waals surface area contributed by atoms with Crippen LogP contribution in [0.3, 0.4) is 0 Å². The van der Waals surface area contributed by atoms with Gasteiger partial charge >= 0.3 is 5.97 Å². The first-order valence-electron chi connectivity index (χ1n) is 4.68. The fourth-order valence-corrected chi connectivity index (χ4v) is 1.32. The van der Waals surface area contributed by atoms with Crippen LogP contribution in [0.15, 0.2) is 12.1 Å². The van der Waals surface area contributed by atoms with Crippen LogP contribution in [0.4, 0.5) is 10.1 Å². The molecule has 0 saturated carbocycles. The van der Waals surface area contributed by atoms with Gasteiger partial charge in [-0.25, -0.2) is 9.18 Å². The molecule has 0 unspecified atom stereocenters. The number of halogens is 2. The van der Waals surface area contributed by atoms with Crippen LogP contribution < -0.4 is 5.73 Å². The number of carbonyl (C=O) groups excluding carboxylic acids is 1. The van der Waals surface area contributed by atoms with E-state index in [2.05, 4.69) is 0 Å². The van der Waals surface area contributed by atoms with Crippen molar-refractivity contribution in [3.8, 4) is 0 Å². The molecule has 0 spiro atoms. The summed E-state index contributed by atoms with van der Waals surface area (Å²) in [7, 11) is 0. The van der Waals surface area contributed by atoms with Crippen molar-refractivity contribution in [2.45, 2.75) is 26.4 Å². The zero-order chi connectivity index (χ0) is 12.5. The lowest BCUT2D eigenvalue weighted by molar-refractivity contribution is 0.00649. The Morgan fingerprint density at radius 2 is 2.00 bits per heavy atom. The van der Waals surface area contributed by atoms with Gasteiger partial charge in [0.05, 0.1) is 11.3 Å². The van der Waals surface area contributed by atoms with Gasteiger partial charge in [-0.1, -0.05) is 11.6 Å². The molecule has 0 aliphatic carbocycles. The van der Waals surface area contributed by atoms with Crippen LogP contribution in [0.5, 0.6) is 0 Å². The maximum Gasteiger partial charge on any atom is 0.341 e. The van der Waals surface area contributed by atoms with Crippen molar-refractivity contribution in [1.29, 1.82) is 0 Å². The van der Waals surface area contributed by atoms with E-state index in [4.69, 9.17) is 22.1 Å². The van der Waals surface area contributed by atoms with Crippen molar-refractivity contribution in [2.24, 2.45) is 0 Å². The Hall–Kier alpha value is -1.29. The number of esters is 1. The van der Waals surface area contributed by atoms with Gasteiger partial charge in [0.15, 0.2) is 5.82 Å². The molecular formula is C11H13ClFNO2. The number of ether oxygens (including phenoxy) is 1. The average molecular weight is 246 g/mol. The minimum atomic E-state index is -0.807. The second-order valence-electron chi connectivity index (χ2n) is 4.36. The molecule has 0 radical (unpaired) electrons. The van der Waals surface area contributed by atoms with E-state index in [-0.39, 0.29) is 16.3 Å². The first kappa shape index (κ1) is 12.8. The highest BCUT2D eigenvalue weighted by Crippen LogP contribution is 2.23. The summed E-state index contributed by atoms with van der Waals surface area (Å²) in [6.07, 6.45) is 0. The molecular weight excluding hydrogens is 233 g/mol. The lowest BCUT2D eigenvalue weighted by Gasteiger charge is -2.19. The van der Waals surface area contributed by atoms with Gasteiger partial charge in [-0.3, -0.25) is 0 Å². The maximum atomic E-state index is 13.5. The summed E-state index contributed by atoms with van der Waals surface area (Å²) in [6, 6.07) is 2.44. The molecule has 3 nitrogen and oxygen atoms in total. The van der Waals surface area contributed by atoms with Gasteiger partial charge in [-0.05, 0) is 32.9 Å². The van der Waals surface area contributed by atoms with Crippen molar-refractivity contribution in [3.05, 3.63) is 28.5 Å². The molecule has 0 aromatic heterocycles. The third kappa shape index (κ3) is 3.10. The summed E-state index contributed by atoms with van der Waals surface area (Å²) in [5.41, 5.74) is 4.24. The Bertz CT molecular complexity index is 427. The molecule has 0 atom stereocenters. The van der Waals surface area contributed by atoms with Crippen molar-refractivity contribution in [3.63, 3.8) is 0 Å². The van der Waals surface area contributed by atoms with Gasteiger partial charge in [0.2, 0.25) is 0 Å². The van der Waals surface area contributed by atoms with Gasteiger partial charge in [0, 0.05) is 5.02 Å². The van der Waals surface area contributed by atoms with Crippen LogP contribution in [0, 0.1) is 5.82 Å². The molecule has 0 bridgehead atoms. The van der Waals surface area contributed by atoms with E-state index in [1.807, 2.05) is 0 Å². The van der Waals surface area contributed by atoms with Crippen LogP contribution in [-0.2, 0) is 4.74 Å². The summed E-state index contributed by atoms with van der Waals surface area (Å²) in [4.78, 5) is 11.6. The van der Waals surface area contributed by atoms with Crippen molar-refractivity contribution >= 4 is 23.3 Å². The lowest BCUT2D eigenvalue weighted by atomic mass is 10.1. The number of rotatable bonds is 1. The molecule has 16 heavy (non-hydrogen) atoms. The predicted octanol–water partition coefficient (Wildman–Crippen LogP) is 3.02. The summed E-state index contributed by atoms with van der Waals surface area (Å²) in [6.45, 7) is 5.07. The number of hydrogen-bond donors (Lipinski definition) is 1. The van der Waals surface area contributed by atoms with Crippen molar-refractivity contribution in [2.75, 3.05) is 5.73 Å². The van der Waals surface area contributed by atoms with Crippen LogP contribution in [0.25, 0.3) is 0 Å². The second-order valence-corrected chi connectivity index (χ2v) is 4.79. The summed E-state index contributed by atoms with van der Waals surface area (Å²) in [5, 5.41) is 0.194. The normalized spacial score (nSPS) is 11.3. The van der Waals surface area contributed by atoms with Gasteiger partial charge in [-0.15, -0.1) is 0 Å². The quantitative estimate of drug-likeness (QED) is 0.611. The van der Waals surface area contributed by atoms with E-state index >= 15 is 0 Å². The van der Waals surface area contributed by atoms with Crippen LogP contribution >= 0.6 is 11.6 Å². The van der Waals surface area contributed by atoms with E-state index in [0.29, 0.717) is 0 Å². The summed E-state index contributed by atoms with van der Waals surface area (Å²) < 4.78 is 18.5. The number of hydrogen-bond acceptors (Lipinski definition) is 3. The highest BCUT2D eigenvalue weighted by molar-refractivity contribution is 6.31. The predicted molar refractivity (Wildman–Crippen MR) is 61.0 cm³/mol. The highest BCUT2D eigenvalue weighted by atomic mass is 35.5. The minimum Gasteiger partial charge on any atom is -0.456 e. The van der Waals surface area contributed by atoms with Gasteiger partial charge in [0.1, 0.15) is 5.60 Å². The molecule has 0 aliphatic rings. The fraction of sp³-hybridized carbons (Fsp3) is 0.364. The van der Waals surface area contributed by atoms with E-state index in [0.717, 1.165) is 0 Å². The number of anilines is 1. The number of nitrogens with two attached hydrogens (primary N) is 1. The van der Waals surface area contributed by atoms with E-state index in [9.17, 15) is 9.18 Å². The molecule has 2 N–H and O–H groups in total. The molecule has 0 aliphatic heterocycles. The van der Waals surface area contributed by atoms with Crippen LogP contribution in [-0.4, -0.2) is 11.6 Å². The Morgan fingerprint density at radius 1 is 1.44 bits per heavy atom. The molecule has 0 fully saturated rings. The third-order valence-corrected chi connectivity index (χ3v) is 1.90. The molecule has 1 rings (SSSR count). The first-order chi connectivity index (χ1) is 7.20. The third-order valence-electron chi connectivity index (χ3n) is 1.68. The standard InChI is InChI=1S/C11H13ClFNO2/c1-11(2,3)16-10(15)7-4-6(12)5-8(14)9(7)13/h4-5H,14H2,1-3H3. The van der Waals surface area contributed by atoms with Gasteiger partial charge in [-0.2, -0.15) is 0 Å². The maximum absolute atomic E-state index is 13.5. The largest absolute Gasteiger partial charge is 0.456 e. The zero-order valence-corrected chi connectivity index (χ0v) is 10.1. The molecule has 0 saturated heterocycles. The van der Waals surface area contributed by atoms with Gasteiger partial charge in [0.25, 0.3) is 0 Å². The molecule has 5 heteroatoms. The topological polar surface area (TPSA) is 52.3 Å². The molecule has 1 aromatic rings. The first-order valence-corrected chi connectivity index (χ1v) is 5.06. The zero-order valence-electron chi connectivity index (χ0n) is 9.30. The summed E-state index contributed by atoms with van der Waals surface area (Å²) >= 11 is 5.68. The monoisotopic (exact) mass is 245 g/mol.